The zero-order valence-electron chi connectivity index (χ0n) is 15.6. The fourth-order valence-electron chi connectivity index (χ4n) is 3.16. The average molecular weight is 356 g/mol. The maximum absolute atomic E-state index is 12.3. The van der Waals surface area contributed by atoms with Gasteiger partial charge in [0.05, 0.1) is 13.7 Å². The Bertz CT molecular complexity index is 841. The van der Waals surface area contributed by atoms with Gasteiger partial charge >= 0.3 is 0 Å². The summed E-state index contributed by atoms with van der Waals surface area (Å²) in [6.45, 7) is 6.20. The topological polar surface area (TPSA) is 78.3 Å². The molecule has 0 aliphatic carbocycles. The molecular formula is C19H24N4O3. The lowest BCUT2D eigenvalue weighted by Crippen LogP contribution is -2.27. The van der Waals surface area contributed by atoms with Gasteiger partial charge in [-0.15, -0.1) is 0 Å². The first-order valence-electron chi connectivity index (χ1n) is 8.75. The molecule has 0 saturated heterocycles. The Hall–Kier alpha value is -2.83. The van der Waals surface area contributed by atoms with E-state index in [0.29, 0.717) is 29.6 Å². The molecule has 1 aliphatic rings. The molecule has 138 valence electrons. The van der Waals surface area contributed by atoms with E-state index in [2.05, 4.69) is 22.3 Å². The molecule has 3 rings (SSSR count). The molecule has 0 saturated carbocycles. The Morgan fingerprint density at radius 3 is 2.85 bits per heavy atom. The highest BCUT2D eigenvalue weighted by Crippen LogP contribution is 2.38. The Balaban J connectivity index is 2.03. The average Bonchev–Trinajstić information content (AvgIpc) is 3.08. The standard InChI is InChI=1S/C19H24N4O3/c1-5-6-9-26-15-8-7-14(10-16(15)25-4)18-17(13(3)24)12(2)22-19-20-11-21-23(18)19/h7-8,10-11,18H,5-6,9H2,1-4H3,(H,20,21,22)/t18-/m1/s1. The highest BCUT2D eigenvalue weighted by Gasteiger charge is 2.32. The van der Waals surface area contributed by atoms with Gasteiger partial charge in [0.15, 0.2) is 17.3 Å². The lowest BCUT2D eigenvalue weighted by atomic mass is 9.93. The number of aromatic nitrogens is 3. The van der Waals surface area contributed by atoms with Gasteiger partial charge in [-0.25, -0.2) is 4.68 Å². The minimum Gasteiger partial charge on any atom is -0.493 e. The smallest absolute Gasteiger partial charge is 0.226 e. The van der Waals surface area contributed by atoms with Crippen molar-refractivity contribution in [3.8, 4) is 11.5 Å². The fourth-order valence-corrected chi connectivity index (χ4v) is 3.16. The van der Waals surface area contributed by atoms with E-state index in [9.17, 15) is 4.79 Å². The van der Waals surface area contributed by atoms with Crippen molar-refractivity contribution in [1.82, 2.24) is 14.8 Å². The van der Waals surface area contributed by atoms with Crippen LogP contribution in [-0.2, 0) is 4.79 Å². The molecule has 0 radical (unpaired) electrons. The van der Waals surface area contributed by atoms with E-state index >= 15 is 0 Å². The fraction of sp³-hybridized carbons (Fsp3) is 0.421. The summed E-state index contributed by atoms with van der Waals surface area (Å²) >= 11 is 0. The second-order valence-electron chi connectivity index (χ2n) is 6.26. The quantitative estimate of drug-likeness (QED) is 0.767. The number of ketones is 1. The van der Waals surface area contributed by atoms with Gasteiger partial charge in [0.1, 0.15) is 12.4 Å². The molecule has 0 spiro atoms. The van der Waals surface area contributed by atoms with Crippen molar-refractivity contribution in [3.63, 3.8) is 0 Å². The van der Waals surface area contributed by atoms with E-state index in [1.165, 1.54) is 6.33 Å². The number of anilines is 1. The molecule has 1 aromatic carbocycles. The third-order valence-electron chi connectivity index (χ3n) is 4.43. The van der Waals surface area contributed by atoms with Gasteiger partial charge in [-0.2, -0.15) is 10.1 Å². The van der Waals surface area contributed by atoms with Crippen LogP contribution in [0.2, 0.25) is 0 Å². The van der Waals surface area contributed by atoms with Crippen LogP contribution < -0.4 is 14.8 Å². The molecule has 0 unspecified atom stereocenters. The van der Waals surface area contributed by atoms with E-state index in [1.54, 1.807) is 18.7 Å². The van der Waals surface area contributed by atoms with E-state index in [1.807, 2.05) is 25.1 Å². The number of benzene rings is 1. The first-order valence-corrected chi connectivity index (χ1v) is 8.75. The highest BCUT2D eigenvalue weighted by atomic mass is 16.5. The zero-order valence-corrected chi connectivity index (χ0v) is 15.6. The molecule has 1 aliphatic heterocycles. The van der Waals surface area contributed by atoms with Crippen molar-refractivity contribution >= 4 is 11.7 Å². The van der Waals surface area contributed by atoms with Crippen LogP contribution in [0.1, 0.15) is 45.2 Å². The van der Waals surface area contributed by atoms with Crippen LogP contribution in [0.25, 0.3) is 0 Å². The van der Waals surface area contributed by atoms with Crippen molar-refractivity contribution in [2.45, 2.75) is 39.7 Å². The van der Waals surface area contributed by atoms with Crippen molar-refractivity contribution in [2.24, 2.45) is 0 Å². The van der Waals surface area contributed by atoms with Gasteiger partial charge in [-0.3, -0.25) is 4.79 Å². The first-order chi connectivity index (χ1) is 12.6. The lowest BCUT2D eigenvalue weighted by Gasteiger charge is -2.28. The molecule has 7 nitrogen and oxygen atoms in total. The Morgan fingerprint density at radius 2 is 2.15 bits per heavy atom. The summed E-state index contributed by atoms with van der Waals surface area (Å²) in [5.74, 6) is 1.94. The minimum absolute atomic E-state index is 0.0108. The molecule has 1 aromatic heterocycles. The Labute approximate surface area is 153 Å². The number of allylic oxidation sites excluding steroid dienone is 2. The number of carbonyl (C=O) groups is 1. The first kappa shape index (κ1) is 18.0. The van der Waals surface area contributed by atoms with Gasteiger partial charge in [0, 0.05) is 11.3 Å². The monoisotopic (exact) mass is 356 g/mol. The Kier molecular flexibility index (Phi) is 5.25. The van der Waals surface area contributed by atoms with Crippen molar-refractivity contribution < 1.29 is 14.3 Å². The molecule has 7 heteroatoms. The normalized spacial score (nSPS) is 16.1. The number of rotatable bonds is 7. The van der Waals surface area contributed by atoms with Crippen molar-refractivity contribution in [1.29, 1.82) is 0 Å². The third kappa shape index (κ3) is 3.29. The number of methoxy groups -OCH3 is 1. The van der Waals surface area contributed by atoms with E-state index in [4.69, 9.17) is 9.47 Å². The molecular weight excluding hydrogens is 332 g/mol. The summed E-state index contributed by atoms with van der Waals surface area (Å²) < 4.78 is 13.0. The van der Waals surface area contributed by atoms with Crippen LogP contribution in [0.5, 0.6) is 11.5 Å². The zero-order chi connectivity index (χ0) is 18.7. The highest BCUT2D eigenvalue weighted by molar-refractivity contribution is 5.96. The predicted octanol–water partition coefficient (Wildman–Crippen LogP) is 3.34. The van der Waals surface area contributed by atoms with Crippen LogP contribution in [0.15, 0.2) is 35.8 Å². The summed E-state index contributed by atoms with van der Waals surface area (Å²) in [6, 6.07) is 5.38. The van der Waals surface area contributed by atoms with Gasteiger partial charge < -0.3 is 14.8 Å². The summed E-state index contributed by atoms with van der Waals surface area (Å²) in [6.07, 6.45) is 3.53. The number of hydrogen-bond donors (Lipinski definition) is 1. The number of nitrogens with zero attached hydrogens (tertiary/aromatic N) is 3. The van der Waals surface area contributed by atoms with Crippen LogP contribution in [0.3, 0.4) is 0 Å². The second-order valence-corrected chi connectivity index (χ2v) is 6.26. The number of nitrogens with one attached hydrogen (secondary N) is 1. The van der Waals surface area contributed by atoms with Crippen LogP contribution in [-0.4, -0.2) is 34.3 Å². The Morgan fingerprint density at radius 1 is 1.35 bits per heavy atom. The number of hydrogen-bond acceptors (Lipinski definition) is 6. The molecule has 0 amide bonds. The number of unbranched alkanes of at least 4 members (excludes halogenated alkanes) is 1. The van der Waals surface area contributed by atoms with Gasteiger partial charge in [-0.1, -0.05) is 19.4 Å². The van der Waals surface area contributed by atoms with Crippen LogP contribution in [0, 0.1) is 0 Å². The maximum atomic E-state index is 12.3. The number of carbonyl (C=O) groups excluding carboxylic acids is 1. The van der Waals surface area contributed by atoms with E-state index < -0.39 is 0 Å². The SMILES string of the molecule is CCCCOc1ccc([C@@H]2C(C(C)=O)=C(C)Nc3ncnn32)cc1OC. The minimum atomic E-state index is -0.357. The van der Waals surface area contributed by atoms with Crippen molar-refractivity contribution in [3.05, 3.63) is 41.4 Å². The maximum Gasteiger partial charge on any atom is 0.226 e. The summed E-state index contributed by atoms with van der Waals surface area (Å²) in [7, 11) is 1.61. The molecule has 0 fully saturated rings. The third-order valence-corrected chi connectivity index (χ3v) is 4.43. The molecule has 2 aromatic rings. The van der Waals surface area contributed by atoms with Crippen LogP contribution >= 0.6 is 0 Å². The van der Waals surface area contributed by atoms with Gasteiger partial charge in [-0.05, 0) is 38.0 Å². The number of ether oxygens (including phenoxy) is 2. The molecule has 1 N–H and O–H groups in total. The predicted molar refractivity (Wildman–Crippen MR) is 98.6 cm³/mol. The molecule has 0 bridgehead atoms. The molecule has 26 heavy (non-hydrogen) atoms. The number of Topliss-reactive ketones (excluding diaryl/α,β-unsaturated/α-hetero) is 1. The summed E-state index contributed by atoms with van der Waals surface area (Å²) in [5, 5.41) is 7.44. The largest absolute Gasteiger partial charge is 0.493 e. The second kappa shape index (κ2) is 7.59. The van der Waals surface area contributed by atoms with E-state index in [-0.39, 0.29) is 11.8 Å². The van der Waals surface area contributed by atoms with Crippen molar-refractivity contribution in [2.75, 3.05) is 19.0 Å². The summed E-state index contributed by atoms with van der Waals surface area (Å²) in [4.78, 5) is 16.5. The molecule has 1 atom stereocenters. The van der Waals surface area contributed by atoms with Gasteiger partial charge in [0.25, 0.3) is 0 Å². The lowest BCUT2D eigenvalue weighted by molar-refractivity contribution is -0.114. The summed E-state index contributed by atoms with van der Waals surface area (Å²) in [5.41, 5.74) is 2.33. The van der Waals surface area contributed by atoms with Crippen LogP contribution in [0.4, 0.5) is 5.95 Å². The number of fused-ring (bicyclic) bond motifs is 1. The molecule has 2 heterocycles. The van der Waals surface area contributed by atoms with Gasteiger partial charge in [0.2, 0.25) is 5.95 Å². The van der Waals surface area contributed by atoms with E-state index in [0.717, 1.165) is 24.1 Å².